The van der Waals surface area contributed by atoms with Crippen molar-refractivity contribution in [1.82, 2.24) is 4.72 Å². The average molecular weight is 449 g/mol. The van der Waals surface area contributed by atoms with Crippen molar-refractivity contribution in [3.8, 4) is 0 Å². The Morgan fingerprint density at radius 1 is 1.07 bits per heavy atom. The van der Waals surface area contributed by atoms with Crippen molar-refractivity contribution in [1.29, 1.82) is 0 Å². The molecule has 13 heteroatoms. The zero-order chi connectivity index (χ0) is 20.6. The number of halogens is 6. The zero-order valence-corrected chi connectivity index (χ0v) is 15.6. The predicted octanol–water partition coefficient (Wildman–Crippen LogP) is 4.63. The van der Waals surface area contributed by atoms with Gasteiger partial charge in [0.2, 0.25) is 0 Å². The lowest BCUT2D eigenvalue weighted by Crippen LogP contribution is -2.32. The normalized spacial score (nSPS) is 12.9. The summed E-state index contributed by atoms with van der Waals surface area (Å²) in [6.45, 7) is 0. The number of sulfonamides is 1. The number of carbonyl (C=O) groups excluding carboxylic acids is 1. The van der Waals surface area contributed by atoms with Crippen LogP contribution in [-0.2, 0) is 22.4 Å². The van der Waals surface area contributed by atoms with Crippen molar-refractivity contribution >= 4 is 39.0 Å². The van der Waals surface area contributed by atoms with E-state index in [-0.39, 0.29) is 22.4 Å². The Bertz CT molecular complexity index is 963. The molecule has 27 heavy (non-hydrogen) atoms. The van der Waals surface area contributed by atoms with Gasteiger partial charge in [0.25, 0.3) is 15.9 Å². The van der Waals surface area contributed by atoms with Gasteiger partial charge in [0.1, 0.15) is 4.21 Å². The molecule has 2 aromatic rings. The topological polar surface area (TPSA) is 63.2 Å². The number of carbonyl (C=O) groups is 1. The van der Waals surface area contributed by atoms with Gasteiger partial charge in [-0.15, -0.1) is 23.1 Å². The lowest BCUT2D eigenvalue weighted by atomic mass is 10.0. The predicted molar refractivity (Wildman–Crippen MR) is 87.2 cm³/mol. The smallest absolute Gasteiger partial charge is 0.268 e. The molecule has 0 fully saturated rings. The van der Waals surface area contributed by atoms with Gasteiger partial charge in [-0.25, -0.2) is 13.1 Å². The van der Waals surface area contributed by atoms with E-state index in [0.717, 1.165) is 11.3 Å². The highest BCUT2D eigenvalue weighted by Gasteiger charge is 2.40. The molecular formula is C14H9F6NO3S3. The summed E-state index contributed by atoms with van der Waals surface area (Å²) in [5, 5.41) is 1.46. The first-order valence-corrected chi connectivity index (χ1v) is 10.3. The van der Waals surface area contributed by atoms with E-state index in [4.69, 9.17) is 0 Å². The largest absolute Gasteiger partial charge is 0.417 e. The number of hydrogen-bond acceptors (Lipinski definition) is 5. The summed E-state index contributed by atoms with van der Waals surface area (Å²) in [5.74, 6) is -1.69. The van der Waals surface area contributed by atoms with Crippen molar-refractivity contribution < 1.29 is 39.6 Å². The average Bonchev–Trinajstić information content (AvgIpc) is 3.02. The van der Waals surface area contributed by atoms with Crippen LogP contribution in [0.25, 0.3) is 0 Å². The summed E-state index contributed by atoms with van der Waals surface area (Å²) in [7, 11) is -4.48. The van der Waals surface area contributed by atoms with Crippen LogP contribution in [0.1, 0.15) is 21.5 Å². The molecule has 0 aliphatic heterocycles. The summed E-state index contributed by atoms with van der Waals surface area (Å²) < 4.78 is 103. The van der Waals surface area contributed by atoms with Crippen LogP contribution in [0, 0.1) is 0 Å². The number of amides is 1. The van der Waals surface area contributed by atoms with E-state index in [0.29, 0.717) is 4.90 Å². The van der Waals surface area contributed by atoms with Crippen LogP contribution in [0.2, 0.25) is 0 Å². The first-order valence-electron chi connectivity index (χ1n) is 6.74. The fraction of sp³-hybridized carbons (Fsp3) is 0.214. The number of alkyl halides is 6. The molecule has 1 N–H and O–H groups in total. The lowest BCUT2D eigenvalue weighted by molar-refractivity contribution is -0.143. The number of rotatable bonds is 4. The summed E-state index contributed by atoms with van der Waals surface area (Å²) in [6.07, 6.45) is -8.70. The highest BCUT2D eigenvalue weighted by molar-refractivity contribution is 7.99. The highest BCUT2D eigenvalue weighted by Crippen LogP contribution is 2.37. The van der Waals surface area contributed by atoms with Crippen LogP contribution < -0.4 is 4.72 Å². The Kier molecular flexibility index (Phi) is 5.88. The Balaban J connectivity index is 2.43. The van der Waals surface area contributed by atoms with E-state index in [2.05, 4.69) is 0 Å². The van der Waals surface area contributed by atoms with Crippen LogP contribution in [0.4, 0.5) is 26.3 Å². The molecule has 0 unspecified atom stereocenters. The lowest BCUT2D eigenvalue weighted by Gasteiger charge is -2.15. The Hall–Kier alpha value is -1.73. The molecule has 0 bridgehead atoms. The van der Waals surface area contributed by atoms with Crippen molar-refractivity contribution in [3.05, 3.63) is 46.3 Å². The summed E-state index contributed by atoms with van der Waals surface area (Å²) in [4.78, 5) is 12.6. The van der Waals surface area contributed by atoms with Gasteiger partial charge in [0.15, 0.2) is 0 Å². The molecule has 1 heterocycles. The highest BCUT2D eigenvalue weighted by atomic mass is 32.2. The molecule has 2 rings (SSSR count). The maximum atomic E-state index is 13.1. The first-order chi connectivity index (χ1) is 12.3. The Morgan fingerprint density at radius 2 is 1.70 bits per heavy atom. The minimum Gasteiger partial charge on any atom is -0.268 e. The standard InChI is InChI=1S/C14H9F6NO3S3/c1-25-8-5-11(26-6-8)27(23,24)21-12(22)9-3-2-7(13(15,16)17)4-10(9)14(18,19)20/h2-6H,1H3,(H,21,22). The third kappa shape index (κ3) is 4.96. The third-order valence-corrected chi connectivity index (χ3v) is 6.80. The Labute approximate surface area is 157 Å². The van der Waals surface area contributed by atoms with Gasteiger partial charge >= 0.3 is 12.4 Å². The van der Waals surface area contributed by atoms with Crippen molar-refractivity contribution in [3.63, 3.8) is 0 Å². The van der Waals surface area contributed by atoms with Gasteiger partial charge in [-0.05, 0) is 30.5 Å². The second-order valence-corrected chi connectivity index (χ2v) is 8.70. The molecule has 0 saturated heterocycles. The molecule has 0 saturated carbocycles. The monoisotopic (exact) mass is 449 g/mol. The number of benzene rings is 1. The maximum absolute atomic E-state index is 13.1. The first kappa shape index (κ1) is 21.6. The SMILES string of the molecule is CSc1csc(S(=O)(=O)NC(=O)c2ccc(C(F)(F)F)cc2C(F)(F)F)c1. The van der Waals surface area contributed by atoms with Crippen LogP contribution in [0.5, 0.6) is 0 Å². The van der Waals surface area contributed by atoms with Gasteiger partial charge in [0, 0.05) is 10.3 Å². The van der Waals surface area contributed by atoms with Crippen LogP contribution in [0.15, 0.2) is 38.8 Å². The molecule has 0 spiro atoms. The number of thiophene rings is 1. The second kappa shape index (κ2) is 7.36. The fourth-order valence-corrected chi connectivity index (χ4v) is 4.85. The minimum atomic E-state index is -5.30. The number of thioether (sulfide) groups is 1. The van der Waals surface area contributed by atoms with Crippen LogP contribution in [0.3, 0.4) is 0 Å². The molecule has 1 aromatic carbocycles. The third-order valence-electron chi connectivity index (χ3n) is 3.18. The zero-order valence-electron chi connectivity index (χ0n) is 13.1. The number of hydrogen-bond donors (Lipinski definition) is 1. The van der Waals surface area contributed by atoms with Crippen molar-refractivity contribution in [2.75, 3.05) is 6.26 Å². The molecule has 148 valence electrons. The summed E-state index contributed by atoms with van der Waals surface area (Å²) in [6, 6.07) is 1.53. The van der Waals surface area contributed by atoms with Gasteiger partial charge in [-0.3, -0.25) is 4.79 Å². The van der Waals surface area contributed by atoms with Gasteiger partial charge in [-0.2, -0.15) is 26.3 Å². The van der Waals surface area contributed by atoms with Gasteiger partial charge in [0.05, 0.1) is 16.7 Å². The van der Waals surface area contributed by atoms with E-state index in [9.17, 15) is 39.6 Å². The van der Waals surface area contributed by atoms with E-state index >= 15 is 0 Å². The van der Waals surface area contributed by atoms with Crippen molar-refractivity contribution in [2.24, 2.45) is 0 Å². The maximum Gasteiger partial charge on any atom is 0.417 e. The van der Waals surface area contributed by atoms with Crippen molar-refractivity contribution in [2.45, 2.75) is 21.5 Å². The minimum absolute atomic E-state index is 0.238. The van der Waals surface area contributed by atoms with Crippen LogP contribution >= 0.6 is 23.1 Å². The van der Waals surface area contributed by atoms with E-state index < -0.39 is 45.0 Å². The molecule has 0 aliphatic rings. The van der Waals surface area contributed by atoms with E-state index in [1.54, 1.807) is 6.26 Å². The molecular weight excluding hydrogens is 440 g/mol. The summed E-state index contributed by atoms with van der Waals surface area (Å²) >= 11 is 1.95. The Morgan fingerprint density at radius 3 is 2.19 bits per heavy atom. The molecule has 1 aromatic heterocycles. The molecule has 0 radical (unpaired) electrons. The molecule has 0 aliphatic carbocycles. The summed E-state index contributed by atoms with van der Waals surface area (Å²) in [5.41, 5.74) is -4.74. The molecule has 4 nitrogen and oxygen atoms in total. The second-order valence-electron chi connectivity index (χ2n) is 5.00. The fourth-order valence-electron chi connectivity index (χ4n) is 1.93. The van der Waals surface area contributed by atoms with Gasteiger partial charge in [-0.1, -0.05) is 0 Å². The molecule has 0 atom stereocenters. The van der Waals surface area contributed by atoms with E-state index in [1.165, 1.54) is 27.9 Å². The number of nitrogens with one attached hydrogen (secondary N) is 1. The quantitative estimate of drug-likeness (QED) is 0.546. The van der Waals surface area contributed by atoms with Crippen LogP contribution in [-0.4, -0.2) is 20.6 Å². The van der Waals surface area contributed by atoms with Gasteiger partial charge < -0.3 is 0 Å². The van der Waals surface area contributed by atoms with E-state index in [1.807, 2.05) is 0 Å². The molecule has 1 amide bonds.